The molecule has 94 valence electrons. The van der Waals surface area contributed by atoms with E-state index < -0.39 is 0 Å². The molecular weight excluding hydrogens is 240 g/mol. The molecule has 0 amide bonds. The van der Waals surface area contributed by atoms with Crippen LogP contribution in [-0.4, -0.2) is 29.8 Å². The van der Waals surface area contributed by atoms with Crippen LogP contribution in [-0.2, 0) is 0 Å². The fraction of sp³-hybridized carbons (Fsp3) is 0.636. The first-order valence-corrected chi connectivity index (χ1v) is 6.19. The lowest BCUT2D eigenvalue weighted by Gasteiger charge is -2.31. The van der Waals surface area contributed by atoms with Gasteiger partial charge in [0.2, 0.25) is 0 Å². The molecule has 3 N–H and O–H groups in total. The van der Waals surface area contributed by atoms with Gasteiger partial charge in [-0.2, -0.15) is 5.10 Å². The lowest BCUT2D eigenvalue weighted by Crippen LogP contribution is -2.38. The molecule has 0 radical (unpaired) electrons. The van der Waals surface area contributed by atoms with E-state index in [1.54, 1.807) is 6.20 Å². The lowest BCUT2D eigenvalue weighted by molar-refractivity contribution is 0.474. The second-order valence-electron chi connectivity index (χ2n) is 4.50. The Labute approximate surface area is 105 Å². The largest absolute Gasteiger partial charge is 0.369 e. The summed E-state index contributed by atoms with van der Waals surface area (Å²) in [5.41, 5.74) is 6.10. The van der Waals surface area contributed by atoms with Gasteiger partial charge in [-0.1, -0.05) is 18.0 Å². The summed E-state index contributed by atoms with van der Waals surface area (Å²) < 4.78 is 0. The minimum Gasteiger partial charge on any atom is -0.369 e. The van der Waals surface area contributed by atoms with Gasteiger partial charge in [-0.25, -0.2) is 5.10 Å². The number of nitrogens with zero attached hydrogens (tertiary/aromatic N) is 2. The summed E-state index contributed by atoms with van der Waals surface area (Å²) in [7, 11) is 1.95. The summed E-state index contributed by atoms with van der Waals surface area (Å²) in [4.78, 5) is 13.4. The Hall–Kier alpha value is -1.07. The Morgan fingerprint density at radius 2 is 2.41 bits per heavy atom. The highest BCUT2D eigenvalue weighted by Crippen LogP contribution is 2.32. The Morgan fingerprint density at radius 1 is 1.65 bits per heavy atom. The third-order valence-electron chi connectivity index (χ3n) is 3.58. The van der Waals surface area contributed by atoms with Crippen LogP contribution in [0.2, 0.25) is 5.02 Å². The number of H-pyrrole nitrogens is 1. The van der Waals surface area contributed by atoms with Gasteiger partial charge in [-0.3, -0.25) is 4.79 Å². The molecule has 1 fully saturated rings. The van der Waals surface area contributed by atoms with Gasteiger partial charge < -0.3 is 10.6 Å². The second kappa shape index (κ2) is 5.06. The van der Waals surface area contributed by atoms with Crippen molar-refractivity contribution in [3.05, 3.63) is 21.6 Å². The van der Waals surface area contributed by atoms with Crippen LogP contribution >= 0.6 is 11.6 Å². The minimum absolute atomic E-state index is 0.199. The first-order chi connectivity index (χ1) is 8.15. The molecule has 2 rings (SSSR count). The van der Waals surface area contributed by atoms with E-state index in [1.165, 1.54) is 6.42 Å². The molecule has 1 aliphatic carbocycles. The Morgan fingerprint density at radius 3 is 3.12 bits per heavy atom. The molecule has 0 aromatic carbocycles. The molecule has 1 aliphatic rings. The number of nitrogens with one attached hydrogen (secondary N) is 1. The molecule has 0 spiro atoms. The number of nitrogens with two attached hydrogens (primary N) is 1. The van der Waals surface area contributed by atoms with Crippen molar-refractivity contribution in [3.63, 3.8) is 0 Å². The highest BCUT2D eigenvalue weighted by Gasteiger charge is 2.30. The van der Waals surface area contributed by atoms with Crippen LogP contribution in [0.3, 0.4) is 0 Å². The maximum Gasteiger partial charge on any atom is 0.285 e. The van der Waals surface area contributed by atoms with E-state index in [-0.39, 0.29) is 10.6 Å². The van der Waals surface area contributed by atoms with Crippen molar-refractivity contribution in [2.24, 2.45) is 11.7 Å². The molecule has 6 heteroatoms. The van der Waals surface area contributed by atoms with Gasteiger partial charge in [-0.05, 0) is 25.3 Å². The van der Waals surface area contributed by atoms with E-state index in [0.717, 1.165) is 12.8 Å². The number of hydrogen-bond acceptors (Lipinski definition) is 4. The zero-order valence-electron chi connectivity index (χ0n) is 9.82. The summed E-state index contributed by atoms with van der Waals surface area (Å²) in [6.07, 6.45) is 4.99. The molecule has 0 bridgehead atoms. The van der Waals surface area contributed by atoms with Crippen molar-refractivity contribution < 1.29 is 0 Å². The molecule has 5 nitrogen and oxygen atoms in total. The molecule has 2 unspecified atom stereocenters. The number of aromatic nitrogens is 2. The smallest absolute Gasteiger partial charge is 0.285 e. The summed E-state index contributed by atoms with van der Waals surface area (Å²) in [6, 6.07) is 0.348. The van der Waals surface area contributed by atoms with Crippen LogP contribution in [0.1, 0.15) is 19.3 Å². The van der Waals surface area contributed by atoms with Crippen LogP contribution in [0.5, 0.6) is 0 Å². The van der Waals surface area contributed by atoms with Gasteiger partial charge in [0.1, 0.15) is 5.02 Å². The van der Waals surface area contributed by atoms with Crippen molar-refractivity contribution in [1.82, 2.24) is 10.2 Å². The van der Waals surface area contributed by atoms with Crippen molar-refractivity contribution in [3.8, 4) is 0 Å². The summed E-state index contributed by atoms with van der Waals surface area (Å²) >= 11 is 6.00. The van der Waals surface area contributed by atoms with Gasteiger partial charge in [0.05, 0.1) is 11.9 Å². The first kappa shape index (κ1) is 12.4. The van der Waals surface area contributed by atoms with Crippen LogP contribution in [0, 0.1) is 5.92 Å². The molecule has 2 atom stereocenters. The van der Waals surface area contributed by atoms with E-state index in [4.69, 9.17) is 17.3 Å². The molecule has 0 aliphatic heterocycles. The zero-order valence-corrected chi connectivity index (χ0v) is 10.6. The van der Waals surface area contributed by atoms with Crippen molar-refractivity contribution in [2.75, 3.05) is 18.5 Å². The average molecular weight is 257 g/mol. The highest BCUT2D eigenvalue weighted by molar-refractivity contribution is 6.32. The predicted octanol–water partition coefficient (Wildman–Crippen LogP) is 0.987. The summed E-state index contributed by atoms with van der Waals surface area (Å²) in [5, 5.41) is 6.31. The monoisotopic (exact) mass is 256 g/mol. The van der Waals surface area contributed by atoms with Crippen LogP contribution in [0.15, 0.2) is 11.0 Å². The molecule has 1 aromatic rings. The topological polar surface area (TPSA) is 75.0 Å². The third-order valence-corrected chi connectivity index (χ3v) is 3.94. The number of aromatic amines is 1. The zero-order chi connectivity index (χ0) is 12.4. The van der Waals surface area contributed by atoms with Crippen LogP contribution < -0.4 is 16.2 Å². The second-order valence-corrected chi connectivity index (χ2v) is 4.88. The molecule has 0 saturated heterocycles. The molecule has 17 heavy (non-hydrogen) atoms. The van der Waals surface area contributed by atoms with Crippen molar-refractivity contribution in [2.45, 2.75) is 25.3 Å². The maximum atomic E-state index is 11.4. The number of halogens is 1. The van der Waals surface area contributed by atoms with E-state index >= 15 is 0 Å². The minimum atomic E-state index is -0.349. The lowest BCUT2D eigenvalue weighted by atomic mass is 10.0. The van der Waals surface area contributed by atoms with E-state index in [0.29, 0.717) is 24.2 Å². The third kappa shape index (κ3) is 2.30. The van der Waals surface area contributed by atoms with E-state index in [2.05, 4.69) is 10.2 Å². The molecular formula is C11H17ClN4O. The number of rotatable bonds is 3. The molecule has 1 saturated carbocycles. The number of hydrogen-bond donors (Lipinski definition) is 2. The average Bonchev–Trinajstić information content (AvgIpc) is 2.80. The summed E-state index contributed by atoms with van der Waals surface area (Å²) in [6.45, 7) is 0.670. The van der Waals surface area contributed by atoms with Gasteiger partial charge in [0, 0.05) is 13.1 Å². The van der Waals surface area contributed by atoms with Crippen LogP contribution in [0.4, 0.5) is 5.69 Å². The molecule has 1 heterocycles. The Balaban J connectivity index is 2.27. The SMILES string of the molecule is CN(c1cn[nH]c(=O)c1Cl)C1CCCC1CN. The van der Waals surface area contributed by atoms with Gasteiger partial charge in [0.15, 0.2) is 0 Å². The van der Waals surface area contributed by atoms with E-state index in [1.807, 2.05) is 11.9 Å². The number of anilines is 1. The predicted molar refractivity (Wildman–Crippen MR) is 68.5 cm³/mol. The maximum absolute atomic E-state index is 11.4. The van der Waals surface area contributed by atoms with Gasteiger partial charge in [-0.15, -0.1) is 0 Å². The quantitative estimate of drug-likeness (QED) is 0.846. The first-order valence-electron chi connectivity index (χ1n) is 5.81. The Kier molecular flexibility index (Phi) is 3.69. The molecule has 1 aromatic heterocycles. The van der Waals surface area contributed by atoms with Crippen molar-refractivity contribution >= 4 is 17.3 Å². The van der Waals surface area contributed by atoms with E-state index in [9.17, 15) is 4.79 Å². The highest BCUT2D eigenvalue weighted by atomic mass is 35.5. The summed E-state index contributed by atoms with van der Waals surface area (Å²) in [5.74, 6) is 0.468. The van der Waals surface area contributed by atoms with Gasteiger partial charge in [0.25, 0.3) is 5.56 Å². The van der Waals surface area contributed by atoms with Crippen LogP contribution in [0.25, 0.3) is 0 Å². The fourth-order valence-corrected chi connectivity index (χ4v) is 2.83. The normalized spacial score (nSPS) is 23.9. The Bertz CT molecular complexity index is 447. The standard InChI is InChI=1S/C11H17ClN4O/c1-16(8-4-2-3-7(8)5-13)9-6-14-15-11(17)10(9)12/h6-8H,2-5,13H2,1H3,(H,15,17). The fourth-order valence-electron chi connectivity index (χ4n) is 2.60. The van der Waals surface area contributed by atoms with Crippen molar-refractivity contribution in [1.29, 1.82) is 0 Å². The van der Waals surface area contributed by atoms with Gasteiger partial charge >= 0.3 is 0 Å².